The van der Waals surface area contributed by atoms with Crippen molar-refractivity contribution in [1.82, 2.24) is 4.98 Å². The molecule has 0 saturated carbocycles. The number of thioether (sulfide) groups is 1. The van der Waals surface area contributed by atoms with Crippen molar-refractivity contribution in [2.75, 3.05) is 4.90 Å². The number of aryl methyl sites for hydroxylation is 1. The third-order valence-electron chi connectivity index (χ3n) is 4.70. The first kappa shape index (κ1) is 18.9. The van der Waals surface area contributed by atoms with Gasteiger partial charge in [0.05, 0.1) is 22.2 Å². The number of hydrogen-bond donors (Lipinski definition) is 0. The Balaban J connectivity index is 1.62. The van der Waals surface area contributed by atoms with Gasteiger partial charge in [0.2, 0.25) is 11.8 Å². The summed E-state index contributed by atoms with van der Waals surface area (Å²) >= 11 is 1.18. The molecule has 142 valence electrons. The second kappa shape index (κ2) is 7.90. The molecule has 5 nitrogen and oxygen atoms in total. The molecule has 0 spiro atoms. The summed E-state index contributed by atoms with van der Waals surface area (Å²) in [5.41, 5.74) is 3.66. The molecule has 0 N–H and O–H groups in total. The maximum atomic E-state index is 12.9. The van der Waals surface area contributed by atoms with Gasteiger partial charge in [-0.15, -0.1) is 0 Å². The monoisotopic (exact) mass is 399 g/mol. The van der Waals surface area contributed by atoms with Crippen LogP contribution in [0.2, 0.25) is 0 Å². The number of hydrogen-bond acceptors (Lipinski definition) is 5. The lowest BCUT2D eigenvalue weighted by Gasteiger charge is -2.15. The largest absolute Gasteiger partial charge is 0.274 e. The summed E-state index contributed by atoms with van der Waals surface area (Å²) in [6.45, 7) is 1.95. The average Bonchev–Trinajstić information content (AvgIpc) is 3.02. The van der Waals surface area contributed by atoms with Gasteiger partial charge in [-0.05, 0) is 31.2 Å². The van der Waals surface area contributed by atoms with Crippen LogP contribution in [0.3, 0.4) is 0 Å². The number of carbonyl (C=O) groups is 2. The molecule has 0 bridgehead atoms. The lowest BCUT2D eigenvalue weighted by atomic mass is 10.1. The van der Waals surface area contributed by atoms with Gasteiger partial charge in [0, 0.05) is 12.0 Å². The fourth-order valence-electron chi connectivity index (χ4n) is 3.18. The molecule has 2 heterocycles. The molecule has 0 radical (unpaired) electrons. The lowest BCUT2D eigenvalue weighted by Crippen LogP contribution is -2.31. The highest BCUT2D eigenvalue weighted by atomic mass is 32.2. The van der Waals surface area contributed by atoms with E-state index in [1.165, 1.54) is 16.7 Å². The van der Waals surface area contributed by atoms with Crippen LogP contribution in [0.4, 0.5) is 5.69 Å². The van der Waals surface area contributed by atoms with E-state index in [4.69, 9.17) is 0 Å². The smallest absolute Gasteiger partial charge is 0.247 e. The van der Waals surface area contributed by atoms with Gasteiger partial charge in [0.1, 0.15) is 11.1 Å². The van der Waals surface area contributed by atoms with Gasteiger partial charge in [-0.25, -0.2) is 9.88 Å². The molecule has 1 aliphatic rings. The number of rotatable bonds is 4. The summed E-state index contributed by atoms with van der Waals surface area (Å²) < 4.78 is 0. The van der Waals surface area contributed by atoms with Crippen LogP contribution in [0.15, 0.2) is 71.8 Å². The van der Waals surface area contributed by atoms with Crippen molar-refractivity contribution in [1.29, 1.82) is 5.26 Å². The zero-order chi connectivity index (χ0) is 20.4. The molecule has 0 aliphatic carbocycles. The molecular formula is C23H17N3O2S. The molecule has 2 aromatic carbocycles. The molecule has 1 atom stereocenters. The minimum Gasteiger partial charge on any atom is -0.274 e. The zero-order valence-electron chi connectivity index (χ0n) is 15.7. The number of imide groups is 1. The Kier molecular flexibility index (Phi) is 5.15. The van der Waals surface area contributed by atoms with E-state index >= 15 is 0 Å². The van der Waals surface area contributed by atoms with Gasteiger partial charge >= 0.3 is 0 Å². The molecule has 1 aliphatic heterocycles. The fourth-order valence-corrected chi connectivity index (χ4v) is 4.27. The zero-order valence-corrected chi connectivity index (χ0v) is 16.5. The van der Waals surface area contributed by atoms with Gasteiger partial charge in [-0.1, -0.05) is 59.8 Å². The van der Waals surface area contributed by atoms with E-state index in [2.05, 4.69) is 11.1 Å². The van der Waals surface area contributed by atoms with Crippen LogP contribution in [0.1, 0.15) is 17.5 Å². The number of pyridine rings is 1. The van der Waals surface area contributed by atoms with Crippen LogP contribution in [0, 0.1) is 18.3 Å². The van der Waals surface area contributed by atoms with E-state index in [0.29, 0.717) is 16.3 Å². The Labute approximate surface area is 173 Å². The number of nitrogens with zero attached hydrogens (tertiary/aromatic N) is 3. The van der Waals surface area contributed by atoms with E-state index in [0.717, 1.165) is 16.8 Å². The van der Waals surface area contributed by atoms with Crippen molar-refractivity contribution < 1.29 is 9.59 Å². The predicted octanol–water partition coefficient (Wildman–Crippen LogP) is 4.35. The second-order valence-electron chi connectivity index (χ2n) is 6.74. The normalized spacial score (nSPS) is 16.1. The van der Waals surface area contributed by atoms with Crippen molar-refractivity contribution in [3.63, 3.8) is 0 Å². The van der Waals surface area contributed by atoms with Gasteiger partial charge in [0.15, 0.2) is 0 Å². The number of carbonyl (C=O) groups excluding carboxylic acids is 2. The first-order chi connectivity index (χ1) is 14.1. The molecule has 2 amide bonds. The third-order valence-corrected chi connectivity index (χ3v) is 5.89. The Morgan fingerprint density at radius 1 is 1.03 bits per heavy atom. The highest BCUT2D eigenvalue weighted by molar-refractivity contribution is 8.00. The number of amides is 2. The quantitative estimate of drug-likeness (QED) is 0.610. The van der Waals surface area contributed by atoms with Crippen LogP contribution in [-0.4, -0.2) is 22.0 Å². The van der Waals surface area contributed by atoms with Crippen LogP contribution in [0.5, 0.6) is 0 Å². The Morgan fingerprint density at radius 2 is 1.76 bits per heavy atom. The molecule has 29 heavy (non-hydrogen) atoms. The first-order valence-corrected chi connectivity index (χ1v) is 10.0. The maximum Gasteiger partial charge on any atom is 0.247 e. The molecule has 0 unspecified atom stereocenters. The topological polar surface area (TPSA) is 74.1 Å². The Morgan fingerprint density at radius 3 is 2.45 bits per heavy atom. The standard InChI is InChI=1S/C23H17N3O2S/c1-15-7-10-18(11-8-15)26-21(27)13-20(23(26)28)29-22-17(14-24)9-12-19(25-22)16-5-3-2-4-6-16/h2-12,20H,13H2,1H3/t20-/m1/s1. The molecule has 1 fully saturated rings. The SMILES string of the molecule is Cc1ccc(N2C(=O)C[C@@H](Sc3nc(-c4ccccc4)ccc3C#N)C2=O)cc1. The molecule has 6 heteroatoms. The highest BCUT2D eigenvalue weighted by Gasteiger charge is 2.40. The summed E-state index contributed by atoms with van der Waals surface area (Å²) in [4.78, 5) is 31.3. The van der Waals surface area contributed by atoms with Gasteiger partial charge in [-0.2, -0.15) is 5.26 Å². The van der Waals surface area contributed by atoms with E-state index < -0.39 is 5.25 Å². The highest BCUT2D eigenvalue weighted by Crippen LogP contribution is 2.35. The number of benzene rings is 2. The Bertz CT molecular complexity index is 1120. The molecule has 1 saturated heterocycles. The average molecular weight is 399 g/mol. The third kappa shape index (κ3) is 3.78. The second-order valence-corrected chi connectivity index (χ2v) is 7.93. The van der Waals surface area contributed by atoms with Crippen LogP contribution >= 0.6 is 11.8 Å². The van der Waals surface area contributed by atoms with Crippen LogP contribution in [-0.2, 0) is 9.59 Å². The minimum absolute atomic E-state index is 0.0828. The van der Waals surface area contributed by atoms with Crippen LogP contribution in [0.25, 0.3) is 11.3 Å². The van der Waals surface area contributed by atoms with E-state index in [-0.39, 0.29) is 18.2 Å². The van der Waals surface area contributed by atoms with Gasteiger partial charge in [0.25, 0.3) is 0 Å². The number of anilines is 1. The van der Waals surface area contributed by atoms with Crippen LogP contribution < -0.4 is 4.90 Å². The number of nitriles is 1. The van der Waals surface area contributed by atoms with Gasteiger partial charge < -0.3 is 0 Å². The predicted molar refractivity (Wildman–Crippen MR) is 112 cm³/mol. The van der Waals surface area contributed by atoms with Crippen molar-refractivity contribution in [3.05, 3.63) is 77.9 Å². The van der Waals surface area contributed by atoms with Crippen molar-refractivity contribution in [3.8, 4) is 17.3 Å². The fraction of sp³-hybridized carbons (Fsp3) is 0.130. The first-order valence-electron chi connectivity index (χ1n) is 9.13. The molecule has 1 aromatic heterocycles. The van der Waals surface area contributed by atoms with Crippen molar-refractivity contribution >= 4 is 29.3 Å². The Hall–Kier alpha value is -3.43. The van der Waals surface area contributed by atoms with Crippen molar-refractivity contribution in [2.24, 2.45) is 0 Å². The van der Waals surface area contributed by atoms with E-state index in [1.807, 2.05) is 49.4 Å². The summed E-state index contributed by atoms with van der Waals surface area (Å²) in [5.74, 6) is -0.520. The maximum absolute atomic E-state index is 12.9. The summed E-state index contributed by atoms with van der Waals surface area (Å²) in [7, 11) is 0. The molecular weight excluding hydrogens is 382 g/mol. The lowest BCUT2D eigenvalue weighted by molar-refractivity contribution is -0.121. The number of aromatic nitrogens is 1. The van der Waals surface area contributed by atoms with E-state index in [9.17, 15) is 14.9 Å². The summed E-state index contributed by atoms with van der Waals surface area (Å²) in [6.07, 6.45) is 0.0828. The molecule has 3 aromatic rings. The van der Waals surface area contributed by atoms with Crippen molar-refractivity contribution in [2.45, 2.75) is 23.6 Å². The summed E-state index contributed by atoms with van der Waals surface area (Å²) in [5, 5.41) is 9.32. The van der Waals surface area contributed by atoms with E-state index in [1.54, 1.807) is 24.3 Å². The summed E-state index contributed by atoms with van der Waals surface area (Å²) in [6, 6.07) is 22.5. The van der Waals surface area contributed by atoms with Gasteiger partial charge in [-0.3, -0.25) is 9.59 Å². The minimum atomic E-state index is -0.602. The molecule has 4 rings (SSSR count).